The van der Waals surface area contributed by atoms with Gasteiger partial charge in [0.2, 0.25) is 0 Å². The normalized spacial score (nSPS) is 15.8. The van der Waals surface area contributed by atoms with Crippen LogP contribution < -0.4 is 5.32 Å². The third-order valence-electron chi connectivity index (χ3n) is 3.50. The zero-order chi connectivity index (χ0) is 12.8. The maximum atomic E-state index is 10.9. The van der Waals surface area contributed by atoms with Gasteiger partial charge < -0.3 is 10.4 Å². The summed E-state index contributed by atoms with van der Waals surface area (Å²) in [6.07, 6.45) is 10.4. The van der Waals surface area contributed by atoms with Crippen LogP contribution >= 0.6 is 0 Å². The van der Waals surface area contributed by atoms with Crippen molar-refractivity contribution in [3.05, 3.63) is 18.1 Å². The van der Waals surface area contributed by atoms with E-state index in [2.05, 4.69) is 15.3 Å². The zero-order valence-corrected chi connectivity index (χ0v) is 10.4. The van der Waals surface area contributed by atoms with Gasteiger partial charge in [0.15, 0.2) is 0 Å². The van der Waals surface area contributed by atoms with E-state index in [1.807, 2.05) is 0 Å². The summed E-state index contributed by atoms with van der Waals surface area (Å²) < 4.78 is 0. The van der Waals surface area contributed by atoms with E-state index in [1.54, 1.807) is 0 Å². The molecular formula is C13H19N3O2. The predicted octanol–water partition coefficient (Wildman–Crippen LogP) is 2.56. The van der Waals surface area contributed by atoms with E-state index in [0.29, 0.717) is 5.82 Å². The molecule has 5 nitrogen and oxygen atoms in total. The van der Waals surface area contributed by atoms with Crippen molar-refractivity contribution in [3.8, 4) is 0 Å². The van der Waals surface area contributed by atoms with E-state index >= 15 is 0 Å². The average molecular weight is 249 g/mol. The highest BCUT2D eigenvalue weighted by molar-refractivity contribution is 5.92. The van der Waals surface area contributed by atoms with Crippen LogP contribution in [0.5, 0.6) is 0 Å². The number of anilines is 1. The SMILES string of the molecule is O=C(O)c1cncnc1NCCCC1CCCC1. The molecule has 1 saturated carbocycles. The Morgan fingerprint density at radius 1 is 1.44 bits per heavy atom. The molecule has 0 unspecified atom stereocenters. The number of hydrogen-bond donors (Lipinski definition) is 2. The van der Waals surface area contributed by atoms with Gasteiger partial charge in [-0.25, -0.2) is 14.8 Å². The van der Waals surface area contributed by atoms with E-state index in [1.165, 1.54) is 44.6 Å². The molecule has 98 valence electrons. The highest BCUT2D eigenvalue weighted by Crippen LogP contribution is 2.28. The highest BCUT2D eigenvalue weighted by atomic mass is 16.4. The van der Waals surface area contributed by atoms with Gasteiger partial charge in [-0.3, -0.25) is 0 Å². The summed E-state index contributed by atoms with van der Waals surface area (Å²) in [5, 5.41) is 12.1. The summed E-state index contributed by atoms with van der Waals surface area (Å²) in [4.78, 5) is 18.6. The highest BCUT2D eigenvalue weighted by Gasteiger charge is 2.14. The van der Waals surface area contributed by atoms with E-state index in [-0.39, 0.29) is 5.56 Å². The fourth-order valence-corrected chi connectivity index (χ4v) is 2.52. The lowest BCUT2D eigenvalue weighted by atomic mass is 10.0. The van der Waals surface area contributed by atoms with Crippen LogP contribution in [0.4, 0.5) is 5.82 Å². The van der Waals surface area contributed by atoms with E-state index in [0.717, 1.165) is 18.9 Å². The summed E-state index contributed by atoms with van der Waals surface area (Å²) in [7, 11) is 0. The lowest BCUT2D eigenvalue weighted by Gasteiger charge is -2.10. The minimum Gasteiger partial charge on any atom is -0.477 e. The molecule has 5 heteroatoms. The first-order chi connectivity index (χ1) is 8.77. The van der Waals surface area contributed by atoms with Crippen LogP contribution in [0.15, 0.2) is 12.5 Å². The number of aromatic nitrogens is 2. The molecule has 0 amide bonds. The van der Waals surface area contributed by atoms with Gasteiger partial charge in [0.1, 0.15) is 17.7 Å². The molecule has 1 heterocycles. The molecule has 0 bridgehead atoms. The molecule has 1 fully saturated rings. The van der Waals surface area contributed by atoms with Crippen LogP contribution in [0.1, 0.15) is 48.9 Å². The first-order valence-corrected chi connectivity index (χ1v) is 6.54. The Morgan fingerprint density at radius 2 is 2.22 bits per heavy atom. The minimum absolute atomic E-state index is 0.137. The third kappa shape index (κ3) is 3.42. The van der Waals surface area contributed by atoms with Crippen molar-refractivity contribution in [3.63, 3.8) is 0 Å². The van der Waals surface area contributed by atoms with E-state index < -0.39 is 5.97 Å². The second-order valence-electron chi connectivity index (χ2n) is 4.81. The average Bonchev–Trinajstić information content (AvgIpc) is 2.88. The topological polar surface area (TPSA) is 75.1 Å². The number of aromatic carboxylic acids is 1. The van der Waals surface area contributed by atoms with E-state index in [4.69, 9.17) is 5.11 Å². The Morgan fingerprint density at radius 3 is 2.94 bits per heavy atom. The summed E-state index contributed by atoms with van der Waals surface area (Å²) >= 11 is 0. The lowest BCUT2D eigenvalue weighted by Crippen LogP contribution is -2.10. The second-order valence-corrected chi connectivity index (χ2v) is 4.81. The third-order valence-corrected chi connectivity index (χ3v) is 3.50. The minimum atomic E-state index is -0.992. The monoisotopic (exact) mass is 249 g/mol. The van der Waals surface area contributed by atoms with Gasteiger partial charge in [0.05, 0.1) is 0 Å². The number of carboxylic acids is 1. The van der Waals surface area contributed by atoms with Gasteiger partial charge in [-0.2, -0.15) is 0 Å². The van der Waals surface area contributed by atoms with Crippen molar-refractivity contribution in [2.75, 3.05) is 11.9 Å². The zero-order valence-electron chi connectivity index (χ0n) is 10.4. The van der Waals surface area contributed by atoms with Gasteiger partial charge in [0.25, 0.3) is 0 Å². The first kappa shape index (κ1) is 12.8. The van der Waals surface area contributed by atoms with Gasteiger partial charge in [-0.15, -0.1) is 0 Å². The summed E-state index contributed by atoms with van der Waals surface area (Å²) in [5.74, 6) is 0.300. The Hall–Kier alpha value is -1.65. The summed E-state index contributed by atoms with van der Waals surface area (Å²) in [6.45, 7) is 0.772. The van der Waals surface area contributed by atoms with Gasteiger partial charge in [0, 0.05) is 12.7 Å². The van der Waals surface area contributed by atoms with Crippen LogP contribution in [0.3, 0.4) is 0 Å². The molecule has 2 N–H and O–H groups in total. The lowest BCUT2D eigenvalue weighted by molar-refractivity contribution is 0.0697. The molecule has 1 aliphatic carbocycles. The Kier molecular flexibility index (Phi) is 4.50. The van der Waals surface area contributed by atoms with Crippen LogP contribution in [0.25, 0.3) is 0 Å². The van der Waals surface area contributed by atoms with Crippen molar-refractivity contribution >= 4 is 11.8 Å². The molecule has 0 saturated heterocycles. The Balaban J connectivity index is 1.77. The maximum absolute atomic E-state index is 10.9. The fourth-order valence-electron chi connectivity index (χ4n) is 2.52. The van der Waals surface area contributed by atoms with Crippen LogP contribution in [0, 0.1) is 5.92 Å². The standard InChI is InChI=1S/C13H19N3O2/c17-13(18)11-8-14-9-16-12(11)15-7-3-6-10-4-1-2-5-10/h8-10H,1-7H2,(H,17,18)(H,14,15,16). The molecular weight excluding hydrogens is 230 g/mol. The molecule has 1 aromatic heterocycles. The number of nitrogens with one attached hydrogen (secondary N) is 1. The summed E-state index contributed by atoms with van der Waals surface area (Å²) in [6, 6.07) is 0. The number of hydrogen-bond acceptors (Lipinski definition) is 4. The largest absolute Gasteiger partial charge is 0.477 e. The molecule has 0 aliphatic heterocycles. The predicted molar refractivity (Wildman–Crippen MR) is 68.7 cm³/mol. The molecule has 0 aromatic carbocycles. The van der Waals surface area contributed by atoms with Crippen LogP contribution in [0.2, 0.25) is 0 Å². The fraction of sp³-hybridized carbons (Fsp3) is 0.615. The van der Waals surface area contributed by atoms with Gasteiger partial charge in [-0.1, -0.05) is 25.7 Å². The molecule has 0 radical (unpaired) electrons. The van der Waals surface area contributed by atoms with Crippen molar-refractivity contribution in [2.24, 2.45) is 5.92 Å². The van der Waals surface area contributed by atoms with E-state index in [9.17, 15) is 4.79 Å². The van der Waals surface area contributed by atoms with Crippen molar-refractivity contribution < 1.29 is 9.90 Å². The molecule has 18 heavy (non-hydrogen) atoms. The quantitative estimate of drug-likeness (QED) is 0.758. The molecule has 1 aromatic rings. The van der Waals surface area contributed by atoms with Crippen LogP contribution in [-0.2, 0) is 0 Å². The number of nitrogens with zero attached hydrogens (tertiary/aromatic N) is 2. The Bertz CT molecular complexity index is 403. The second kappa shape index (κ2) is 6.33. The first-order valence-electron chi connectivity index (χ1n) is 6.54. The number of carbonyl (C=O) groups is 1. The van der Waals surface area contributed by atoms with Crippen molar-refractivity contribution in [1.29, 1.82) is 0 Å². The molecule has 0 spiro atoms. The summed E-state index contributed by atoms with van der Waals surface area (Å²) in [5.41, 5.74) is 0.137. The van der Waals surface area contributed by atoms with Crippen LogP contribution in [-0.4, -0.2) is 27.6 Å². The molecule has 0 atom stereocenters. The maximum Gasteiger partial charge on any atom is 0.341 e. The van der Waals surface area contributed by atoms with Gasteiger partial charge in [-0.05, 0) is 18.8 Å². The van der Waals surface area contributed by atoms with Gasteiger partial charge >= 0.3 is 5.97 Å². The number of rotatable bonds is 6. The Labute approximate surface area is 107 Å². The molecule has 2 rings (SSSR count). The number of carboxylic acid groups (broad SMARTS) is 1. The van der Waals surface area contributed by atoms with Crippen molar-refractivity contribution in [2.45, 2.75) is 38.5 Å². The van der Waals surface area contributed by atoms with Crippen molar-refractivity contribution in [1.82, 2.24) is 9.97 Å². The molecule has 1 aliphatic rings. The smallest absolute Gasteiger partial charge is 0.341 e.